The van der Waals surface area contributed by atoms with Gasteiger partial charge in [0.05, 0.1) is 50.2 Å². The lowest BCUT2D eigenvalue weighted by atomic mass is 9.97. The highest BCUT2D eigenvalue weighted by Gasteiger charge is 2.22. The number of aryl methyl sites for hydroxylation is 2. The van der Waals surface area contributed by atoms with Crippen LogP contribution in [0.5, 0.6) is 0 Å². The van der Waals surface area contributed by atoms with E-state index >= 15 is 0 Å². The summed E-state index contributed by atoms with van der Waals surface area (Å²) in [6.07, 6.45) is 8.41. The number of aliphatic hydroxyl groups is 1. The maximum atomic E-state index is 9.14. The normalized spacial score (nSPS) is 17.6. The average Bonchev–Trinajstić information content (AvgIpc) is 3.33. The van der Waals surface area contributed by atoms with E-state index in [4.69, 9.17) is 19.8 Å². The Morgan fingerprint density at radius 1 is 1.17 bits per heavy atom. The molecule has 1 aliphatic carbocycles. The van der Waals surface area contributed by atoms with Crippen LogP contribution in [0.15, 0.2) is 12.4 Å². The van der Waals surface area contributed by atoms with Gasteiger partial charge in [0.2, 0.25) is 0 Å². The van der Waals surface area contributed by atoms with E-state index in [1.165, 1.54) is 28.7 Å². The molecule has 0 radical (unpaired) electrons. The third-order valence-corrected chi connectivity index (χ3v) is 6.74. The number of nitrogens with one attached hydrogen (secondary N) is 1. The first-order valence-electron chi connectivity index (χ1n) is 10.3. The van der Waals surface area contributed by atoms with Crippen LogP contribution in [0.3, 0.4) is 0 Å². The van der Waals surface area contributed by atoms with Crippen LogP contribution in [0.2, 0.25) is 0 Å². The molecule has 0 spiro atoms. The second-order valence-corrected chi connectivity index (χ2v) is 8.69. The Morgan fingerprint density at radius 2 is 2.03 bits per heavy atom. The summed E-state index contributed by atoms with van der Waals surface area (Å²) in [5, 5.41) is 18.1. The largest absolute Gasteiger partial charge is 0.394 e. The Kier molecular flexibility index (Phi) is 5.45. The fraction of sp³-hybridized carbons (Fsp3) is 0.550. The molecule has 0 bridgehead atoms. The molecule has 4 heterocycles. The molecule has 0 unspecified atom stereocenters. The van der Waals surface area contributed by atoms with E-state index in [1.54, 1.807) is 10.9 Å². The van der Waals surface area contributed by atoms with E-state index in [0.29, 0.717) is 6.54 Å². The van der Waals surface area contributed by atoms with Crippen molar-refractivity contribution in [3.63, 3.8) is 0 Å². The number of ether oxygens (including phenoxy) is 1. The molecule has 0 aromatic carbocycles. The van der Waals surface area contributed by atoms with Gasteiger partial charge in [-0.1, -0.05) is 0 Å². The van der Waals surface area contributed by atoms with E-state index in [1.807, 2.05) is 17.5 Å². The zero-order valence-electron chi connectivity index (χ0n) is 16.4. The van der Waals surface area contributed by atoms with Crippen LogP contribution in [0, 0.1) is 0 Å². The maximum absolute atomic E-state index is 9.14. The van der Waals surface area contributed by atoms with Crippen LogP contribution in [0.1, 0.15) is 29.1 Å². The van der Waals surface area contributed by atoms with Gasteiger partial charge in [0.25, 0.3) is 0 Å². The Labute approximate surface area is 173 Å². The quantitative estimate of drug-likeness (QED) is 0.640. The van der Waals surface area contributed by atoms with E-state index in [-0.39, 0.29) is 6.61 Å². The summed E-state index contributed by atoms with van der Waals surface area (Å²) in [5.41, 5.74) is 2.30. The van der Waals surface area contributed by atoms with Crippen molar-refractivity contribution in [2.75, 3.05) is 38.2 Å². The number of morpholine rings is 1. The van der Waals surface area contributed by atoms with Gasteiger partial charge in [0.15, 0.2) is 0 Å². The molecule has 1 aliphatic heterocycles. The third-order valence-electron chi connectivity index (χ3n) is 5.55. The monoisotopic (exact) mass is 414 g/mol. The van der Waals surface area contributed by atoms with Gasteiger partial charge in [-0.25, -0.2) is 9.97 Å². The van der Waals surface area contributed by atoms with Crippen LogP contribution in [0.4, 0.5) is 11.5 Å². The molecule has 8 nitrogen and oxygen atoms in total. The molecular formula is C20H26N6O2S. The standard InChI is InChI=1S/C20H26N6O2S/c27-8-5-26-12-14(11-21-26)22-19-18-15-3-1-2-4-16(15)29-20(18)24-17(23-19)13-25-6-9-28-10-7-25/h11-12,27H,1-10,13H2,(H,22,23,24). The molecule has 0 amide bonds. The Bertz CT molecular complexity index is 994. The van der Waals surface area contributed by atoms with Gasteiger partial charge in [0.1, 0.15) is 16.5 Å². The molecule has 1 saturated heterocycles. The second kappa shape index (κ2) is 8.35. The lowest BCUT2D eigenvalue weighted by molar-refractivity contribution is 0.0331. The van der Waals surface area contributed by atoms with Crippen molar-refractivity contribution in [2.45, 2.75) is 38.8 Å². The molecule has 2 N–H and O–H groups in total. The summed E-state index contributed by atoms with van der Waals surface area (Å²) in [6.45, 7) is 4.66. The number of rotatable bonds is 6. The average molecular weight is 415 g/mol. The van der Waals surface area contributed by atoms with Gasteiger partial charge in [-0.05, 0) is 31.2 Å². The number of hydrogen-bond donors (Lipinski definition) is 2. The van der Waals surface area contributed by atoms with Gasteiger partial charge in [-0.3, -0.25) is 9.58 Å². The smallest absolute Gasteiger partial charge is 0.146 e. The molecule has 154 valence electrons. The van der Waals surface area contributed by atoms with Crippen LogP contribution in [-0.4, -0.2) is 62.7 Å². The lowest BCUT2D eigenvalue weighted by Gasteiger charge is -2.25. The van der Waals surface area contributed by atoms with Gasteiger partial charge in [-0.2, -0.15) is 5.10 Å². The number of aromatic nitrogens is 4. The minimum absolute atomic E-state index is 0.0700. The summed E-state index contributed by atoms with van der Waals surface area (Å²) < 4.78 is 7.20. The molecule has 9 heteroatoms. The maximum Gasteiger partial charge on any atom is 0.146 e. The molecule has 2 aliphatic rings. The number of fused-ring (bicyclic) bond motifs is 3. The van der Waals surface area contributed by atoms with Crippen LogP contribution in [0.25, 0.3) is 10.2 Å². The number of hydrogen-bond acceptors (Lipinski definition) is 8. The van der Waals surface area contributed by atoms with Crippen molar-refractivity contribution in [3.8, 4) is 0 Å². The first-order chi connectivity index (χ1) is 14.3. The highest BCUT2D eigenvalue weighted by atomic mass is 32.1. The molecule has 5 rings (SSSR count). The number of thiophene rings is 1. The number of nitrogens with zero attached hydrogens (tertiary/aromatic N) is 5. The fourth-order valence-corrected chi connectivity index (χ4v) is 5.39. The van der Waals surface area contributed by atoms with Crippen molar-refractivity contribution in [1.29, 1.82) is 0 Å². The molecule has 29 heavy (non-hydrogen) atoms. The first-order valence-corrected chi connectivity index (χ1v) is 11.1. The van der Waals surface area contributed by atoms with E-state index in [9.17, 15) is 0 Å². The summed E-state index contributed by atoms with van der Waals surface area (Å²) in [4.78, 5) is 14.8. The number of aliphatic hydroxyl groups excluding tert-OH is 1. The van der Waals surface area contributed by atoms with Crippen molar-refractivity contribution < 1.29 is 9.84 Å². The Balaban J connectivity index is 1.51. The SMILES string of the molecule is OCCn1cc(Nc2nc(CN3CCOCC3)nc3sc4c(c23)CCCC4)cn1. The molecule has 3 aromatic heterocycles. The van der Waals surface area contributed by atoms with Gasteiger partial charge in [-0.15, -0.1) is 11.3 Å². The zero-order chi connectivity index (χ0) is 19.6. The predicted molar refractivity (Wildman–Crippen MR) is 113 cm³/mol. The van der Waals surface area contributed by atoms with Crippen molar-refractivity contribution in [2.24, 2.45) is 0 Å². The van der Waals surface area contributed by atoms with Crippen molar-refractivity contribution in [1.82, 2.24) is 24.6 Å². The molecule has 3 aromatic rings. The highest BCUT2D eigenvalue weighted by Crippen LogP contribution is 2.39. The summed E-state index contributed by atoms with van der Waals surface area (Å²) in [6, 6.07) is 0. The molecular weight excluding hydrogens is 388 g/mol. The Morgan fingerprint density at radius 3 is 2.90 bits per heavy atom. The van der Waals surface area contributed by atoms with Crippen molar-refractivity contribution >= 4 is 33.1 Å². The minimum Gasteiger partial charge on any atom is -0.394 e. The zero-order valence-corrected chi connectivity index (χ0v) is 17.2. The third kappa shape index (κ3) is 4.00. The van der Waals surface area contributed by atoms with E-state index in [2.05, 4.69) is 15.3 Å². The van der Waals surface area contributed by atoms with Gasteiger partial charge >= 0.3 is 0 Å². The minimum atomic E-state index is 0.0700. The topological polar surface area (TPSA) is 88.3 Å². The summed E-state index contributed by atoms with van der Waals surface area (Å²) in [7, 11) is 0. The first kappa shape index (κ1) is 18.9. The summed E-state index contributed by atoms with van der Waals surface area (Å²) >= 11 is 1.83. The summed E-state index contributed by atoms with van der Waals surface area (Å²) in [5.74, 6) is 1.73. The van der Waals surface area contributed by atoms with Crippen LogP contribution in [-0.2, 0) is 30.7 Å². The Hall–Kier alpha value is -2.07. The van der Waals surface area contributed by atoms with Gasteiger partial charge in [0, 0.05) is 24.2 Å². The van der Waals surface area contributed by atoms with Crippen LogP contribution < -0.4 is 5.32 Å². The molecule has 0 saturated carbocycles. The van der Waals surface area contributed by atoms with E-state index in [0.717, 1.165) is 67.8 Å². The van der Waals surface area contributed by atoms with Crippen molar-refractivity contribution in [3.05, 3.63) is 28.7 Å². The second-order valence-electron chi connectivity index (χ2n) is 7.61. The number of anilines is 2. The fourth-order valence-electron chi connectivity index (χ4n) is 4.11. The van der Waals surface area contributed by atoms with Crippen LogP contribution >= 0.6 is 11.3 Å². The predicted octanol–water partition coefficient (Wildman–Crippen LogP) is 2.33. The van der Waals surface area contributed by atoms with Gasteiger partial charge < -0.3 is 15.2 Å². The lowest BCUT2D eigenvalue weighted by Crippen LogP contribution is -2.36. The molecule has 1 fully saturated rings. The van der Waals surface area contributed by atoms with E-state index < -0.39 is 0 Å². The molecule has 0 atom stereocenters. The highest BCUT2D eigenvalue weighted by molar-refractivity contribution is 7.19.